The highest BCUT2D eigenvalue weighted by molar-refractivity contribution is 7.92. The van der Waals surface area contributed by atoms with E-state index in [1.807, 2.05) is 0 Å². The summed E-state index contributed by atoms with van der Waals surface area (Å²) in [4.78, 5) is 35.1. The Morgan fingerprint density at radius 3 is 2.59 bits per heavy atom. The fraction of sp³-hybridized carbons (Fsp3) is 0.615. The second-order valence-corrected chi connectivity index (χ2v) is 7.26. The number of carbonyl (C=O) groups is 3. The summed E-state index contributed by atoms with van der Waals surface area (Å²) in [7, 11) is -3.54. The summed E-state index contributed by atoms with van der Waals surface area (Å²) in [5, 5.41) is -0.951. The third kappa shape index (κ3) is 3.13. The molecule has 1 amide bonds. The molecule has 0 aromatic rings. The lowest BCUT2D eigenvalue weighted by molar-refractivity contribution is -0.145. The number of rotatable bonds is 6. The predicted molar refractivity (Wildman–Crippen MR) is 73.9 cm³/mol. The smallest absolute Gasteiger partial charge is 0.302 e. The van der Waals surface area contributed by atoms with E-state index in [0.29, 0.717) is 0 Å². The van der Waals surface area contributed by atoms with E-state index in [2.05, 4.69) is 0 Å². The van der Waals surface area contributed by atoms with E-state index in [1.165, 1.54) is 6.92 Å². The fourth-order valence-corrected chi connectivity index (χ4v) is 4.02. The van der Waals surface area contributed by atoms with Crippen LogP contribution >= 0.6 is 0 Å². The molecule has 1 fully saturated rings. The molecule has 2 aliphatic rings. The van der Waals surface area contributed by atoms with Gasteiger partial charge in [0.2, 0.25) is 11.8 Å². The third-order valence-electron chi connectivity index (χ3n) is 3.43. The largest absolute Gasteiger partial charge is 0.471 e. The maximum Gasteiger partial charge on any atom is 0.302 e. The molecule has 0 bridgehead atoms. The van der Waals surface area contributed by atoms with Gasteiger partial charge in [0, 0.05) is 18.9 Å². The molecule has 8 nitrogen and oxygen atoms in total. The summed E-state index contributed by atoms with van der Waals surface area (Å²) in [6, 6.07) is 0. The van der Waals surface area contributed by atoms with Gasteiger partial charge in [-0.05, 0) is 0 Å². The number of ether oxygens (including phenoxy) is 2. The Balaban J connectivity index is 2.29. The van der Waals surface area contributed by atoms with Crippen molar-refractivity contribution in [3.8, 4) is 0 Å². The number of Topliss-reactive ketones (excluding diaryl/α,β-unsaturated/α-hetero) is 1. The number of β-lactam (4-membered cyclic amide) rings is 1. The van der Waals surface area contributed by atoms with Crippen molar-refractivity contribution in [2.45, 2.75) is 32.1 Å². The van der Waals surface area contributed by atoms with Crippen molar-refractivity contribution in [3.63, 3.8) is 0 Å². The van der Waals surface area contributed by atoms with Crippen LogP contribution in [0.2, 0.25) is 0 Å². The van der Waals surface area contributed by atoms with Gasteiger partial charge >= 0.3 is 5.97 Å². The van der Waals surface area contributed by atoms with Gasteiger partial charge in [-0.15, -0.1) is 0 Å². The van der Waals surface area contributed by atoms with Gasteiger partial charge in [-0.3, -0.25) is 19.3 Å². The molecule has 2 rings (SSSR count). The average Bonchev–Trinajstić information content (AvgIpc) is 2.43. The van der Waals surface area contributed by atoms with Crippen LogP contribution in [-0.2, 0) is 33.7 Å². The zero-order valence-electron chi connectivity index (χ0n) is 12.3. The topological polar surface area (TPSA) is 107 Å². The van der Waals surface area contributed by atoms with Gasteiger partial charge < -0.3 is 9.47 Å². The minimum absolute atomic E-state index is 0.0270. The van der Waals surface area contributed by atoms with Gasteiger partial charge in [0.25, 0.3) is 0 Å². The third-order valence-corrected chi connectivity index (χ3v) is 5.39. The van der Waals surface area contributed by atoms with Gasteiger partial charge in [0.15, 0.2) is 21.0 Å². The molecular formula is C13H17NO7S. The summed E-state index contributed by atoms with van der Waals surface area (Å²) in [6.45, 7) is 2.31. The summed E-state index contributed by atoms with van der Waals surface area (Å²) < 4.78 is 34.4. The van der Waals surface area contributed by atoms with E-state index in [4.69, 9.17) is 9.47 Å². The first-order valence-electron chi connectivity index (χ1n) is 6.79. The lowest BCUT2D eigenvalue weighted by Gasteiger charge is -2.44. The highest BCUT2D eigenvalue weighted by Gasteiger charge is 2.52. The Bertz CT molecular complexity index is 649. The maximum absolute atomic E-state index is 12.1. The number of nitrogens with zero attached hydrogens (tertiary/aromatic N) is 1. The van der Waals surface area contributed by atoms with Crippen LogP contribution in [0, 0.1) is 0 Å². The van der Waals surface area contributed by atoms with Gasteiger partial charge in [0.05, 0.1) is 12.2 Å². The highest BCUT2D eigenvalue weighted by atomic mass is 32.2. The van der Waals surface area contributed by atoms with Crippen LogP contribution in [0.3, 0.4) is 0 Å². The lowest BCUT2D eigenvalue weighted by Crippen LogP contribution is -2.59. The molecule has 0 unspecified atom stereocenters. The van der Waals surface area contributed by atoms with Crippen LogP contribution < -0.4 is 0 Å². The number of ketones is 1. The van der Waals surface area contributed by atoms with Crippen LogP contribution in [0.15, 0.2) is 11.5 Å². The van der Waals surface area contributed by atoms with Crippen molar-refractivity contribution in [1.29, 1.82) is 0 Å². The number of hydrogen-bond acceptors (Lipinski definition) is 7. The molecule has 0 N–H and O–H groups in total. The van der Waals surface area contributed by atoms with E-state index in [9.17, 15) is 22.8 Å². The van der Waals surface area contributed by atoms with Crippen molar-refractivity contribution < 1.29 is 32.3 Å². The van der Waals surface area contributed by atoms with E-state index in [0.717, 1.165) is 4.90 Å². The molecule has 9 heteroatoms. The molecule has 2 heterocycles. The monoisotopic (exact) mass is 331 g/mol. The van der Waals surface area contributed by atoms with Crippen LogP contribution in [0.1, 0.15) is 26.7 Å². The van der Waals surface area contributed by atoms with Crippen LogP contribution in [0.25, 0.3) is 0 Å². The summed E-state index contributed by atoms with van der Waals surface area (Å²) in [6.07, 6.45) is 0.167. The average molecular weight is 331 g/mol. The van der Waals surface area contributed by atoms with Crippen molar-refractivity contribution in [2.24, 2.45) is 0 Å². The first-order chi connectivity index (χ1) is 10.3. The molecular weight excluding hydrogens is 314 g/mol. The van der Waals surface area contributed by atoms with E-state index in [-0.39, 0.29) is 49.0 Å². The zero-order chi connectivity index (χ0) is 16.5. The Labute approximate surface area is 128 Å². The highest BCUT2D eigenvalue weighted by Crippen LogP contribution is 2.36. The summed E-state index contributed by atoms with van der Waals surface area (Å²) in [5.74, 6) is -1.49. The van der Waals surface area contributed by atoms with Crippen LogP contribution in [-0.4, -0.2) is 55.3 Å². The summed E-state index contributed by atoms with van der Waals surface area (Å²) in [5.41, 5.74) is 0.170. The maximum atomic E-state index is 12.1. The van der Waals surface area contributed by atoms with Crippen molar-refractivity contribution in [3.05, 3.63) is 11.5 Å². The van der Waals surface area contributed by atoms with Crippen molar-refractivity contribution in [1.82, 2.24) is 4.90 Å². The van der Waals surface area contributed by atoms with Crippen molar-refractivity contribution >= 4 is 27.5 Å². The van der Waals surface area contributed by atoms with Gasteiger partial charge in [-0.2, -0.15) is 0 Å². The Morgan fingerprint density at radius 1 is 1.36 bits per heavy atom. The second-order valence-electron chi connectivity index (χ2n) is 5.10. The standard InChI is InChI=1S/C13H17NO7S/c1-3-10(16)6-21-13-9(5-20-8(2)15)7-22(18,19)12-4-11(17)14(12)13/h12H,3-7H2,1-2H3/t12-/m1/s1. The lowest BCUT2D eigenvalue weighted by atomic mass is 10.1. The number of hydrogen-bond donors (Lipinski definition) is 0. The number of sulfone groups is 1. The van der Waals surface area contributed by atoms with E-state index < -0.39 is 27.1 Å². The van der Waals surface area contributed by atoms with Crippen LogP contribution in [0.4, 0.5) is 0 Å². The Morgan fingerprint density at radius 2 is 2.05 bits per heavy atom. The molecule has 0 saturated carbocycles. The molecule has 22 heavy (non-hydrogen) atoms. The van der Waals surface area contributed by atoms with Crippen LogP contribution in [0.5, 0.6) is 0 Å². The first kappa shape index (κ1) is 16.5. The molecule has 2 aliphatic heterocycles. The first-order valence-corrected chi connectivity index (χ1v) is 8.51. The molecule has 1 saturated heterocycles. The molecule has 0 spiro atoms. The fourth-order valence-electron chi connectivity index (χ4n) is 2.20. The molecule has 1 atom stereocenters. The predicted octanol–water partition coefficient (Wildman–Crippen LogP) is -0.256. The molecule has 0 aromatic carbocycles. The minimum Gasteiger partial charge on any atom is -0.471 e. The molecule has 0 radical (unpaired) electrons. The zero-order valence-corrected chi connectivity index (χ0v) is 13.1. The SMILES string of the molecule is CCC(=O)COC1=C(COC(C)=O)CS(=O)(=O)[C@@H]2CC(=O)N12. The van der Waals surface area contributed by atoms with Gasteiger partial charge in [-0.25, -0.2) is 8.42 Å². The number of fused-ring (bicyclic) bond motifs is 1. The number of amides is 1. The second kappa shape index (κ2) is 6.07. The van der Waals surface area contributed by atoms with E-state index in [1.54, 1.807) is 6.92 Å². The molecule has 0 aliphatic carbocycles. The van der Waals surface area contributed by atoms with E-state index >= 15 is 0 Å². The van der Waals surface area contributed by atoms with Gasteiger partial charge in [0.1, 0.15) is 13.2 Å². The minimum atomic E-state index is -3.54. The molecule has 0 aromatic heterocycles. The van der Waals surface area contributed by atoms with Gasteiger partial charge in [-0.1, -0.05) is 6.92 Å². The Hall–Kier alpha value is -1.90. The molecule has 122 valence electrons. The number of carbonyl (C=O) groups excluding carboxylic acids is 3. The summed E-state index contributed by atoms with van der Waals surface area (Å²) >= 11 is 0. The Kier molecular flexibility index (Phi) is 4.55. The van der Waals surface area contributed by atoms with Crippen molar-refractivity contribution in [2.75, 3.05) is 19.0 Å². The normalized spacial score (nSPS) is 22.7. The number of esters is 1. The quantitative estimate of drug-likeness (QED) is 0.487.